The standard InChI is InChI=1S/C15H23NO/c1-12-8-9-13(2)16(10-12)11-15(17)14-6-4-3-5-7-14/h3-7,12-13,15,17H,8-11H2,1-2H3. The molecule has 2 heteroatoms. The highest BCUT2D eigenvalue weighted by atomic mass is 16.3. The molecule has 1 heterocycles. The molecular formula is C15H23NO. The van der Waals surface area contributed by atoms with Crippen molar-refractivity contribution in [2.75, 3.05) is 13.1 Å². The average Bonchev–Trinajstić information content (AvgIpc) is 2.35. The number of aliphatic hydroxyl groups is 1. The van der Waals surface area contributed by atoms with Crippen LogP contribution in [0.2, 0.25) is 0 Å². The minimum absolute atomic E-state index is 0.357. The topological polar surface area (TPSA) is 23.5 Å². The van der Waals surface area contributed by atoms with Crippen LogP contribution in [-0.2, 0) is 0 Å². The van der Waals surface area contributed by atoms with E-state index < -0.39 is 0 Å². The molecule has 1 aliphatic heterocycles. The highest BCUT2D eigenvalue weighted by molar-refractivity contribution is 5.17. The van der Waals surface area contributed by atoms with Crippen LogP contribution in [0, 0.1) is 5.92 Å². The smallest absolute Gasteiger partial charge is 0.0917 e. The normalized spacial score (nSPS) is 27.9. The number of aliphatic hydroxyl groups excluding tert-OH is 1. The van der Waals surface area contributed by atoms with Crippen molar-refractivity contribution in [3.05, 3.63) is 35.9 Å². The molecule has 0 bridgehead atoms. The SMILES string of the molecule is CC1CCC(C)N(CC(O)c2ccccc2)C1. The van der Waals surface area contributed by atoms with E-state index in [0.29, 0.717) is 6.04 Å². The van der Waals surface area contributed by atoms with Crippen LogP contribution >= 0.6 is 0 Å². The molecule has 94 valence electrons. The quantitative estimate of drug-likeness (QED) is 0.867. The molecule has 1 aromatic carbocycles. The predicted octanol–water partition coefficient (Wildman–Crippen LogP) is 2.84. The van der Waals surface area contributed by atoms with Gasteiger partial charge in [-0.15, -0.1) is 0 Å². The van der Waals surface area contributed by atoms with Gasteiger partial charge in [0.1, 0.15) is 0 Å². The van der Waals surface area contributed by atoms with Crippen LogP contribution in [0.25, 0.3) is 0 Å². The molecule has 17 heavy (non-hydrogen) atoms. The Morgan fingerprint density at radius 2 is 1.94 bits per heavy atom. The summed E-state index contributed by atoms with van der Waals surface area (Å²) in [7, 11) is 0. The molecular weight excluding hydrogens is 210 g/mol. The summed E-state index contributed by atoms with van der Waals surface area (Å²) in [6, 6.07) is 10.6. The van der Waals surface area contributed by atoms with Gasteiger partial charge >= 0.3 is 0 Å². The summed E-state index contributed by atoms with van der Waals surface area (Å²) in [5.74, 6) is 0.758. The minimum atomic E-state index is -0.357. The number of hydrogen-bond donors (Lipinski definition) is 1. The Morgan fingerprint density at radius 1 is 1.24 bits per heavy atom. The highest BCUT2D eigenvalue weighted by Crippen LogP contribution is 2.24. The van der Waals surface area contributed by atoms with Gasteiger partial charge < -0.3 is 5.11 Å². The van der Waals surface area contributed by atoms with Gasteiger partial charge in [0, 0.05) is 19.1 Å². The molecule has 0 radical (unpaired) electrons. The lowest BCUT2D eigenvalue weighted by Crippen LogP contribution is -2.43. The molecule has 0 amide bonds. The third-order valence-electron chi connectivity index (χ3n) is 3.84. The van der Waals surface area contributed by atoms with Crippen molar-refractivity contribution in [1.82, 2.24) is 4.90 Å². The Balaban J connectivity index is 1.96. The maximum absolute atomic E-state index is 10.2. The van der Waals surface area contributed by atoms with Crippen LogP contribution in [0.4, 0.5) is 0 Å². The average molecular weight is 233 g/mol. The lowest BCUT2D eigenvalue weighted by atomic mass is 9.94. The van der Waals surface area contributed by atoms with Crippen molar-refractivity contribution < 1.29 is 5.11 Å². The maximum Gasteiger partial charge on any atom is 0.0917 e. The van der Waals surface area contributed by atoms with E-state index in [9.17, 15) is 5.11 Å². The Kier molecular flexibility index (Phi) is 4.19. The van der Waals surface area contributed by atoms with E-state index in [1.165, 1.54) is 12.8 Å². The van der Waals surface area contributed by atoms with Gasteiger partial charge in [0.15, 0.2) is 0 Å². The summed E-state index contributed by atoms with van der Waals surface area (Å²) in [4.78, 5) is 2.42. The third-order valence-corrected chi connectivity index (χ3v) is 3.84. The molecule has 0 saturated carbocycles. The summed E-state index contributed by atoms with van der Waals surface area (Å²) in [6.07, 6.45) is 2.21. The molecule has 2 nitrogen and oxygen atoms in total. The first-order chi connectivity index (χ1) is 8.16. The molecule has 1 aromatic rings. The molecule has 2 rings (SSSR count). The number of benzene rings is 1. The van der Waals surface area contributed by atoms with E-state index >= 15 is 0 Å². The number of rotatable bonds is 3. The Bertz CT molecular complexity index is 338. The van der Waals surface area contributed by atoms with E-state index in [2.05, 4.69) is 18.7 Å². The van der Waals surface area contributed by atoms with Crippen LogP contribution in [0.15, 0.2) is 30.3 Å². The first kappa shape index (κ1) is 12.6. The first-order valence-corrected chi connectivity index (χ1v) is 6.64. The van der Waals surface area contributed by atoms with Crippen LogP contribution in [0.3, 0.4) is 0 Å². The molecule has 1 aliphatic rings. The fourth-order valence-corrected chi connectivity index (χ4v) is 2.64. The molecule has 3 atom stereocenters. The molecule has 1 N–H and O–H groups in total. The lowest BCUT2D eigenvalue weighted by molar-refractivity contribution is 0.0568. The van der Waals surface area contributed by atoms with Crippen LogP contribution in [0.5, 0.6) is 0 Å². The van der Waals surface area contributed by atoms with Gasteiger partial charge in [-0.1, -0.05) is 37.3 Å². The van der Waals surface area contributed by atoms with Crippen LogP contribution in [0.1, 0.15) is 38.4 Å². The van der Waals surface area contributed by atoms with Gasteiger partial charge in [-0.25, -0.2) is 0 Å². The Morgan fingerprint density at radius 3 is 2.65 bits per heavy atom. The van der Waals surface area contributed by atoms with Crippen molar-refractivity contribution in [3.8, 4) is 0 Å². The summed E-state index contributed by atoms with van der Waals surface area (Å²) >= 11 is 0. The van der Waals surface area contributed by atoms with E-state index in [4.69, 9.17) is 0 Å². The van der Waals surface area contributed by atoms with Gasteiger partial charge in [0.25, 0.3) is 0 Å². The van der Waals surface area contributed by atoms with Gasteiger partial charge in [0.2, 0.25) is 0 Å². The molecule has 1 saturated heterocycles. The van der Waals surface area contributed by atoms with Gasteiger partial charge in [0.05, 0.1) is 6.10 Å². The van der Waals surface area contributed by atoms with Gasteiger partial charge in [-0.3, -0.25) is 4.90 Å². The summed E-state index contributed by atoms with van der Waals surface area (Å²) in [5.41, 5.74) is 1.03. The number of β-amino-alcohol motifs (C(OH)–C–C–N with tert-alkyl or cyclic N) is 1. The molecule has 0 aliphatic carbocycles. The third kappa shape index (κ3) is 3.30. The number of hydrogen-bond acceptors (Lipinski definition) is 2. The summed E-state index contributed by atoms with van der Waals surface area (Å²) in [5, 5.41) is 10.2. The first-order valence-electron chi connectivity index (χ1n) is 6.64. The van der Waals surface area contributed by atoms with Crippen LogP contribution in [-0.4, -0.2) is 29.1 Å². The summed E-state index contributed by atoms with van der Waals surface area (Å²) in [6.45, 7) is 6.44. The molecule has 0 spiro atoms. The zero-order chi connectivity index (χ0) is 12.3. The van der Waals surface area contributed by atoms with Crippen LogP contribution < -0.4 is 0 Å². The van der Waals surface area contributed by atoms with E-state index in [1.54, 1.807) is 0 Å². The zero-order valence-corrected chi connectivity index (χ0v) is 10.8. The highest BCUT2D eigenvalue weighted by Gasteiger charge is 2.24. The number of likely N-dealkylation sites (tertiary alicyclic amines) is 1. The molecule has 1 fully saturated rings. The molecule has 0 aromatic heterocycles. The zero-order valence-electron chi connectivity index (χ0n) is 10.8. The van der Waals surface area contributed by atoms with E-state index in [-0.39, 0.29) is 6.10 Å². The second kappa shape index (κ2) is 5.65. The second-order valence-electron chi connectivity index (χ2n) is 5.41. The fraction of sp³-hybridized carbons (Fsp3) is 0.600. The largest absolute Gasteiger partial charge is 0.387 e. The van der Waals surface area contributed by atoms with Crippen molar-refractivity contribution in [1.29, 1.82) is 0 Å². The van der Waals surface area contributed by atoms with E-state index in [1.807, 2.05) is 30.3 Å². The summed E-state index contributed by atoms with van der Waals surface area (Å²) < 4.78 is 0. The molecule has 3 unspecified atom stereocenters. The number of nitrogens with zero attached hydrogens (tertiary/aromatic N) is 1. The van der Waals surface area contributed by atoms with Gasteiger partial charge in [-0.05, 0) is 31.2 Å². The van der Waals surface area contributed by atoms with Crippen molar-refractivity contribution in [3.63, 3.8) is 0 Å². The monoisotopic (exact) mass is 233 g/mol. The Labute approximate surface area is 104 Å². The second-order valence-corrected chi connectivity index (χ2v) is 5.41. The van der Waals surface area contributed by atoms with Crippen molar-refractivity contribution in [2.24, 2.45) is 5.92 Å². The number of piperidine rings is 1. The predicted molar refractivity (Wildman–Crippen MR) is 70.8 cm³/mol. The lowest BCUT2D eigenvalue weighted by Gasteiger charge is -2.37. The van der Waals surface area contributed by atoms with Crippen molar-refractivity contribution in [2.45, 2.75) is 38.8 Å². The minimum Gasteiger partial charge on any atom is -0.387 e. The Hall–Kier alpha value is -0.860. The van der Waals surface area contributed by atoms with Gasteiger partial charge in [-0.2, -0.15) is 0 Å². The van der Waals surface area contributed by atoms with Crippen molar-refractivity contribution >= 4 is 0 Å². The maximum atomic E-state index is 10.2. The fourth-order valence-electron chi connectivity index (χ4n) is 2.64. The van der Waals surface area contributed by atoms with E-state index in [0.717, 1.165) is 24.6 Å².